The first-order valence-corrected chi connectivity index (χ1v) is 11.3. The number of halogens is 1. The van der Waals surface area contributed by atoms with E-state index in [0.717, 1.165) is 41.5 Å². The molecule has 6 heteroatoms. The maximum absolute atomic E-state index is 14.0. The highest BCUT2D eigenvalue weighted by Crippen LogP contribution is 2.56. The minimum Gasteiger partial charge on any atom is -0.483 e. The second-order valence-electron chi connectivity index (χ2n) is 8.45. The highest BCUT2D eigenvalue weighted by Gasteiger charge is 2.69. The molecule has 29 heavy (non-hydrogen) atoms. The van der Waals surface area contributed by atoms with Crippen molar-refractivity contribution in [2.45, 2.75) is 56.7 Å². The maximum atomic E-state index is 14.0. The predicted octanol–water partition coefficient (Wildman–Crippen LogP) is 4.48. The number of ether oxygens (including phenoxy) is 1. The second kappa shape index (κ2) is 6.54. The third-order valence-corrected chi connectivity index (χ3v) is 7.41. The molecule has 2 aromatic carbocycles. The van der Waals surface area contributed by atoms with Gasteiger partial charge in [0.2, 0.25) is 0 Å². The molecule has 1 atom stereocenters. The van der Waals surface area contributed by atoms with Crippen LogP contribution in [0.4, 0.5) is 0 Å². The normalized spacial score (nSPS) is 24.5. The molecule has 2 heterocycles. The van der Waals surface area contributed by atoms with Crippen LogP contribution in [-0.4, -0.2) is 27.6 Å². The minimum absolute atomic E-state index is 0.000283. The lowest BCUT2D eigenvalue weighted by Gasteiger charge is -2.40. The molecule has 2 spiro atoms. The molecule has 0 bridgehead atoms. The molecule has 5 rings (SSSR count). The van der Waals surface area contributed by atoms with Crippen molar-refractivity contribution >= 4 is 39.2 Å². The Morgan fingerprint density at radius 3 is 2.38 bits per heavy atom. The molecular formula is C23H23BrN2O2S. The summed E-state index contributed by atoms with van der Waals surface area (Å²) in [7, 11) is 0. The van der Waals surface area contributed by atoms with Crippen LogP contribution in [0.1, 0.15) is 43.4 Å². The van der Waals surface area contributed by atoms with Crippen LogP contribution in [0.2, 0.25) is 0 Å². The lowest BCUT2D eigenvalue weighted by Crippen LogP contribution is -2.61. The Balaban J connectivity index is 1.69. The van der Waals surface area contributed by atoms with Crippen LogP contribution in [-0.2, 0) is 23.2 Å². The van der Waals surface area contributed by atoms with E-state index in [-0.39, 0.29) is 11.9 Å². The number of hydrogen-bond donors (Lipinski definition) is 1. The van der Waals surface area contributed by atoms with E-state index in [1.54, 1.807) is 4.90 Å². The highest BCUT2D eigenvalue weighted by molar-refractivity contribution is 9.10. The summed E-state index contributed by atoms with van der Waals surface area (Å²) in [4.78, 5) is 15.7. The first-order valence-electron chi connectivity index (χ1n) is 10.1. The predicted molar refractivity (Wildman–Crippen MR) is 120 cm³/mol. The van der Waals surface area contributed by atoms with Crippen LogP contribution in [0.3, 0.4) is 0 Å². The van der Waals surface area contributed by atoms with Crippen molar-refractivity contribution in [3.8, 4) is 5.75 Å². The molecule has 4 nitrogen and oxygen atoms in total. The smallest absolute Gasteiger partial charge is 0.263 e. The Labute approximate surface area is 184 Å². The van der Waals surface area contributed by atoms with E-state index in [9.17, 15) is 4.79 Å². The fourth-order valence-corrected chi connectivity index (χ4v) is 6.05. The molecule has 150 valence electrons. The Kier molecular flexibility index (Phi) is 4.30. The minimum atomic E-state index is -0.991. The van der Waals surface area contributed by atoms with Crippen molar-refractivity contribution in [2.24, 2.45) is 0 Å². The Hall–Kier alpha value is -1.92. The average molecular weight is 471 g/mol. The molecule has 0 aromatic heterocycles. The number of fused-ring (bicyclic) bond motifs is 4. The first kappa shape index (κ1) is 19.1. The average Bonchev–Trinajstić information content (AvgIpc) is 3.01. The van der Waals surface area contributed by atoms with Gasteiger partial charge >= 0.3 is 0 Å². The van der Waals surface area contributed by atoms with Gasteiger partial charge in [0.1, 0.15) is 11.4 Å². The SMILES string of the molecule is CC(C)N1C(=O)C2(NC1=S)c1cc(Br)ccc1OC21CCc2ccccc2CC1. The van der Waals surface area contributed by atoms with Crippen molar-refractivity contribution in [1.82, 2.24) is 10.2 Å². The summed E-state index contributed by atoms with van der Waals surface area (Å²) in [5.74, 6) is 0.772. The van der Waals surface area contributed by atoms with Crippen LogP contribution in [0, 0.1) is 0 Å². The highest BCUT2D eigenvalue weighted by atomic mass is 79.9. The van der Waals surface area contributed by atoms with Gasteiger partial charge in [-0.3, -0.25) is 9.69 Å². The lowest BCUT2D eigenvalue weighted by molar-refractivity contribution is -0.140. The van der Waals surface area contributed by atoms with E-state index < -0.39 is 11.1 Å². The van der Waals surface area contributed by atoms with Gasteiger partial charge in [-0.15, -0.1) is 0 Å². The number of carbonyl (C=O) groups excluding carboxylic acids is 1. The van der Waals surface area contributed by atoms with Gasteiger partial charge in [0, 0.05) is 16.1 Å². The zero-order valence-electron chi connectivity index (χ0n) is 16.5. The Morgan fingerprint density at radius 1 is 1.14 bits per heavy atom. The van der Waals surface area contributed by atoms with E-state index in [1.807, 2.05) is 32.0 Å². The zero-order valence-corrected chi connectivity index (χ0v) is 18.9. The molecule has 1 fully saturated rings. The largest absolute Gasteiger partial charge is 0.483 e. The monoisotopic (exact) mass is 470 g/mol. The molecule has 2 aromatic rings. The van der Waals surface area contributed by atoms with Crippen molar-refractivity contribution in [3.63, 3.8) is 0 Å². The number of hydrogen-bond acceptors (Lipinski definition) is 3. The lowest BCUT2D eigenvalue weighted by atomic mass is 9.71. The quantitative estimate of drug-likeness (QED) is 0.623. The molecule has 1 saturated heterocycles. The molecule has 1 aliphatic carbocycles. The second-order valence-corrected chi connectivity index (χ2v) is 9.76. The number of nitrogens with zero attached hydrogens (tertiary/aromatic N) is 1. The van der Waals surface area contributed by atoms with Crippen molar-refractivity contribution in [2.75, 3.05) is 0 Å². The van der Waals surface area contributed by atoms with E-state index in [0.29, 0.717) is 5.11 Å². The summed E-state index contributed by atoms with van der Waals surface area (Å²) in [6, 6.07) is 14.5. The fourth-order valence-electron chi connectivity index (χ4n) is 5.24. The standard InChI is InChI=1S/C23H23BrN2O2S/c1-14(2)26-20(27)23(25-21(26)29)18-13-17(24)7-8-19(18)28-22(23)11-9-15-5-3-4-6-16(15)10-12-22/h3-8,13-14H,9-12H2,1-2H3,(H,25,29). The molecule has 0 saturated carbocycles. The summed E-state index contributed by atoms with van der Waals surface area (Å²) in [6.45, 7) is 4.00. The number of amides is 1. The summed E-state index contributed by atoms with van der Waals surface area (Å²) in [5.41, 5.74) is 1.89. The third kappa shape index (κ3) is 2.55. The van der Waals surface area contributed by atoms with E-state index in [4.69, 9.17) is 17.0 Å². The molecule has 1 unspecified atom stereocenters. The van der Waals surface area contributed by atoms with Gasteiger partial charge in [0.15, 0.2) is 10.7 Å². The summed E-state index contributed by atoms with van der Waals surface area (Å²) in [5, 5.41) is 3.96. The van der Waals surface area contributed by atoms with Gasteiger partial charge in [-0.1, -0.05) is 40.2 Å². The van der Waals surface area contributed by atoms with Crippen LogP contribution in [0.25, 0.3) is 0 Å². The molecule has 2 aliphatic heterocycles. The maximum Gasteiger partial charge on any atom is 0.263 e. The van der Waals surface area contributed by atoms with E-state index >= 15 is 0 Å². The third-order valence-electron chi connectivity index (χ3n) is 6.62. The molecular weight excluding hydrogens is 448 g/mol. The Bertz CT molecular complexity index is 1010. The fraction of sp³-hybridized carbons (Fsp3) is 0.391. The van der Waals surface area contributed by atoms with Crippen molar-refractivity contribution < 1.29 is 9.53 Å². The number of aryl methyl sites for hydroxylation is 2. The van der Waals surface area contributed by atoms with E-state index in [2.05, 4.69) is 45.5 Å². The van der Waals surface area contributed by atoms with Gasteiger partial charge in [-0.25, -0.2) is 0 Å². The van der Waals surface area contributed by atoms with Crippen molar-refractivity contribution in [1.29, 1.82) is 0 Å². The first-order chi connectivity index (χ1) is 13.9. The summed E-state index contributed by atoms with van der Waals surface area (Å²) < 4.78 is 7.62. The number of rotatable bonds is 1. The summed E-state index contributed by atoms with van der Waals surface area (Å²) in [6.07, 6.45) is 3.25. The van der Waals surface area contributed by atoms with E-state index in [1.165, 1.54) is 11.1 Å². The van der Waals surface area contributed by atoms with Crippen LogP contribution >= 0.6 is 28.1 Å². The van der Waals surface area contributed by atoms with Gasteiger partial charge in [-0.05, 0) is 81.1 Å². The molecule has 1 amide bonds. The van der Waals surface area contributed by atoms with Gasteiger partial charge in [0.25, 0.3) is 5.91 Å². The Morgan fingerprint density at radius 2 is 1.79 bits per heavy atom. The number of carbonyl (C=O) groups is 1. The zero-order chi connectivity index (χ0) is 20.4. The molecule has 0 radical (unpaired) electrons. The molecule has 1 N–H and O–H groups in total. The van der Waals surface area contributed by atoms with Gasteiger partial charge < -0.3 is 10.1 Å². The topological polar surface area (TPSA) is 41.6 Å². The number of nitrogens with one attached hydrogen (secondary N) is 1. The van der Waals surface area contributed by atoms with Crippen molar-refractivity contribution in [3.05, 3.63) is 63.6 Å². The summed E-state index contributed by atoms with van der Waals surface area (Å²) >= 11 is 9.23. The van der Waals surface area contributed by atoms with Crippen LogP contribution in [0.5, 0.6) is 5.75 Å². The van der Waals surface area contributed by atoms with Crippen LogP contribution < -0.4 is 10.1 Å². The number of thiocarbonyl (C=S) groups is 1. The van der Waals surface area contributed by atoms with Crippen LogP contribution in [0.15, 0.2) is 46.9 Å². The number of benzene rings is 2. The molecule has 3 aliphatic rings. The van der Waals surface area contributed by atoms with Gasteiger partial charge in [0.05, 0.1) is 0 Å². The van der Waals surface area contributed by atoms with Gasteiger partial charge in [-0.2, -0.15) is 0 Å².